The standard InChI is InChI=1S/C20H21FN2O/c1-12-10-22-7-6-16(12)19-8-14-11-23-20(24)18(14)9-17(19)13-2-4-15(21)5-3-13/h2-5,8-9,12,16,22H,6-7,10-11H2,1H3,(H,23,24). The highest BCUT2D eigenvalue weighted by Crippen LogP contribution is 2.39. The number of amides is 1. The summed E-state index contributed by atoms with van der Waals surface area (Å²) in [7, 11) is 0. The fourth-order valence-corrected chi connectivity index (χ4v) is 3.95. The molecule has 0 aliphatic carbocycles. The Bertz CT molecular complexity index is 785. The summed E-state index contributed by atoms with van der Waals surface area (Å²) in [5.74, 6) is 0.723. The van der Waals surface area contributed by atoms with Gasteiger partial charge in [-0.1, -0.05) is 25.1 Å². The van der Waals surface area contributed by atoms with Crippen LogP contribution in [-0.2, 0) is 6.54 Å². The van der Waals surface area contributed by atoms with E-state index in [2.05, 4.69) is 23.6 Å². The minimum Gasteiger partial charge on any atom is -0.348 e. The molecule has 2 aromatic rings. The lowest BCUT2D eigenvalue weighted by Gasteiger charge is -2.32. The van der Waals surface area contributed by atoms with Crippen LogP contribution in [0.5, 0.6) is 0 Å². The summed E-state index contributed by atoms with van der Waals surface area (Å²) in [6, 6.07) is 10.8. The molecule has 1 fully saturated rings. The molecule has 4 rings (SSSR count). The van der Waals surface area contributed by atoms with Crippen LogP contribution in [0.2, 0.25) is 0 Å². The van der Waals surface area contributed by atoms with Crippen LogP contribution in [-0.4, -0.2) is 19.0 Å². The van der Waals surface area contributed by atoms with Gasteiger partial charge in [0, 0.05) is 12.1 Å². The Hall–Kier alpha value is -2.20. The predicted molar refractivity (Wildman–Crippen MR) is 92.4 cm³/mol. The lowest BCUT2D eigenvalue weighted by Crippen LogP contribution is -2.34. The lowest BCUT2D eigenvalue weighted by atomic mass is 9.78. The van der Waals surface area contributed by atoms with E-state index >= 15 is 0 Å². The summed E-state index contributed by atoms with van der Waals surface area (Å²) < 4.78 is 13.3. The molecule has 1 amide bonds. The van der Waals surface area contributed by atoms with E-state index in [1.807, 2.05) is 6.07 Å². The van der Waals surface area contributed by atoms with E-state index in [-0.39, 0.29) is 11.7 Å². The molecular weight excluding hydrogens is 303 g/mol. The van der Waals surface area contributed by atoms with Gasteiger partial charge in [-0.3, -0.25) is 4.79 Å². The largest absolute Gasteiger partial charge is 0.348 e. The Morgan fingerprint density at radius 1 is 1.12 bits per heavy atom. The van der Waals surface area contributed by atoms with Gasteiger partial charge in [-0.15, -0.1) is 0 Å². The minimum absolute atomic E-state index is 0.0155. The molecule has 2 aliphatic rings. The molecule has 0 aromatic heterocycles. The van der Waals surface area contributed by atoms with Crippen LogP contribution < -0.4 is 10.6 Å². The van der Waals surface area contributed by atoms with Gasteiger partial charge in [0.05, 0.1) is 0 Å². The number of hydrogen-bond acceptors (Lipinski definition) is 2. The first kappa shape index (κ1) is 15.3. The first-order chi connectivity index (χ1) is 11.6. The fourth-order valence-electron chi connectivity index (χ4n) is 3.95. The van der Waals surface area contributed by atoms with Crippen molar-refractivity contribution in [3.8, 4) is 11.1 Å². The molecule has 2 heterocycles. The van der Waals surface area contributed by atoms with Gasteiger partial charge in [0.15, 0.2) is 0 Å². The second kappa shape index (κ2) is 6.02. The highest BCUT2D eigenvalue weighted by Gasteiger charge is 2.28. The van der Waals surface area contributed by atoms with Crippen LogP contribution in [0.4, 0.5) is 4.39 Å². The molecule has 2 N–H and O–H groups in total. The molecule has 0 saturated carbocycles. The van der Waals surface area contributed by atoms with Gasteiger partial charge in [0.25, 0.3) is 5.91 Å². The van der Waals surface area contributed by atoms with Crippen molar-refractivity contribution in [2.45, 2.75) is 25.8 Å². The zero-order valence-corrected chi connectivity index (χ0v) is 13.7. The summed E-state index contributed by atoms with van der Waals surface area (Å²) in [5, 5.41) is 6.35. The highest BCUT2D eigenvalue weighted by atomic mass is 19.1. The van der Waals surface area contributed by atoms with Crippen molar-refractivity contribution in [1.29, 1.82) is 0 Å². The molecule has 2 atom stereocenters. The van der Waals surface area contributed by atoms with Crippen molar-refractivity contribution in [3.63, 3.8) is 0 Å². The van der Waals surface area contributed by atoms with Crippen molar-refractivity contribution >= 4 is 5.91 Å². The van der Waals surface area contributed by atoms with E-state index in [0.29, 0.717) is 18.4 Å². The number of carbonyl (C=O) groups is 1. The van der Waals surface area contributed by atoms with E-state index in [4.69, 9.17) is 0 Å². The van der Waals surface area contributed by atoms with E-state index < -0.39 is 0 Å². The predicted octanol–water partition coefficient (Wildman–Crippen LogP) is 3.45. The smallest absolute Gasteiger partial charge is 0.251 e. The quantitative estimate of drug-likeness (QED) is 0.888. The summed E-state index contributed by atoms with van der Waals surface area (Å²) in [5.41, 5.74) is 5.14. The van der Waals surface area contributed by atoms with Gasteiger partial charge in [0.2, 0.25) is 0 Å². The number of piperidine rings is 1. The van der Waals surface area contributed by atoms with Crippen LogP contribution in [0.3, 0.4) is 0 Å². The van der Waals surface area contributed by atoms with E-state index in [1.165, 1.54) is 17.7 Å². The van der Waals surface area contributed by atoms with E-state index in [0.717, 1.165) is 41.8 Å². The number of benzene rings is 2. The Morgan fingerprint density at radius 2 is 1.92 bits per heavy atom. The molecule has 4 heteroatoms. The van der Waals surface area contributed by atoms with Gasteiger partial charge < -0.3 is 10.6 Å². The van der Waals surface area contributed by atoms with Gasteiger partial charge >= 0.3 is 0 Å². The Balaban J connectivity index is 1.87. The number of nitrogens with one attached hydrogen (secondary N) is 2. The van der Waals surface area contributed by atoms with Crippen molar-refractivity contribution < 1.29 is 9.18 Å². The van der Waals surface area contributed by atoms with Crippen LogP contribution in [0.25, 0.3) is 11.1 Å². The van der Waals surface area contributed by atoms with Crippen molar-refractivity contribution in [1.82, 2.24) is 10.6 Å². The third-order valence-corrected chi connectivity index (χ3v) is 5.30. The second-order valence-electron chi connectivity index (χ2n) is 6.86. The molecule has 3 nitrogen and oxygen atoms in total. The molecule has 24 heavy (non-hydrogen) atoms. The summed E-state index contributed by atoms with van der Waals surface area (Å²) in [6.07, 6.45) is 1.08. The number of halogens is 1. The van der Waals surface area contributed by atoms with Crippen molar-refractivity contribution in [3.05, 3.63) is 58.9 Å². The maximum atomic E-state index is 13.3. The number of carbonyl (C=O) groups excluding carboxylic acids is 1. The van der Waals surface area contributed by atoms with Crippen LogP contribution >= 0.6 is 0 Å². The van der Waals surface area contributed by atoms with Gasteiger partial charge in [0.1, 0.15) is 5.82 Å². The van der Waals surface area contributed by atoms with Crippen LogP contribution in [0.1, 0.15) is 40.7 Å². The number of hydrogen-bond donors (Lipinski definition) is 2. The van der Waals surface area contributed by atoms with Gasteiger partial charge in [-0.05, 0) is 71.8 Å². The van der Waals surface area contributed by atoms with Gasteiger partial charge in [-0.2, -0.15) is 0 Å². The van der Waals surface area contributed by atoms with Crippen LogP contribution in [0, 0.1) is 11.7 Å². The second-order valence-corrected chi connectivity index (χ2v) is 6.86. The van der Waals surface area contributed by atoms with Crippen LogP contribution in [0.15, 0.2) is 36.4 Å². The summed E-state index contributed by atoms with van der Waals surface area (Å²) in [4.78, 5) is 12.1. The normalized spacial score (nSPS) is 23.0. The number of rotatable bonds is 2. The summed E-state index contributed by atoms with van der Waals surface area (Å²) >= 11 is 0. The molecule has 2 aromatic carbocycles. The SMILES string of the molecule is CC1CNCCC1c1cc2c(cc1-c1ccc(F)cc1)C(=O)NC2. The lowest BCUT2D eigenvalue weighted by molar-refractivity contribution is 0.0966. The van der Waals surface area contributed by atoms with Crippen molar-refractivity contribution in [2.75, 3.05) is 13.1 Å². The summed E-state index contributed by atoms with van der Waals surface area (Å²) in [6.45, 7) is 4.88. The fraction of sp³-hybridized carbons (Fsp3) is 0.350. The maximum Gasteiger partial charge on any atom is 0.251 e. The third kappa shape index (κ3) is 2.61. The average molecular weight is 324 g/mol. The minimum atomic E-state index is -0.241. The van der Waals surface area contributed by atoms with Crippen molar-refractivity contribution in [2.24, 2.45) is 5.92 Å². The zero-order chi connectivity index (χ0) is 16.7. The third-order valence-electron chi connectivity index (χ3n) is 5.30. The first-order valence-corrected chi connectivity index (χ1v) is 8.55. The monoisotopic (exact) mass is 324 g/mol. The van der Waals surface area contributed by atoms with E-state index in [9.17, 15) is 9.18 Å². The molecule has 0 radical (unpaired) electrons. The maximum absolute atomic E-state index is 13.3. The first-order valence-electron chi connectivity index (χ1n) is 8.55. The zero-order valence-electron chi connectivity index (χ0n) is 13.7. The molecule has 0 spiro atoms. The molecule has 2 unspecified atom stereocenters. The van der Waals surface area contributed by atoms with E-state index in [1.54, 1.807) is 12.1 Å². The average Bonchev–Trinajstić information content (AvgIpc) is 2.95. The van der Waals surface area contributed by atoms with Gasteiger partial charge in [-0.25, -0.2) is 4.39 Å². The highest BCUT2D eigenvalue weighted by molar-refractivity contribution is 5.99. The molecule has 124 valence electrons. The number of fused-ring (bicyclic) bond motifs is 1. The Morgan fingerprint density at radius 3 is 2.67 bits per heavy atom. The molecule has 1 saturated heterocycles. The Kier molecular flexibility index (Phi) is 3.85. The molecular formula is C20H21FN2O. The molecule has 2 aliphatic heterocycles. The Labute approximate surface area is 141 Å². The topological polar surface area (TPSA) is 41.1 Å². The molecule has 0 bridgehead atoms.